The lowest BCUT2D eigenvalue weighted by Crippen LogP contribution is -2.32. The highest BCUT2D eigenvalue weighted by Gasteiger charge is 2.11. The summed E-state index contributed by atoms with van der Waals surface area (Å²) in [5.74, 6) is -0.175. The summed E-state index contributed by atoms with van der Waals surface area (Å²) in [6, 6.07) is 5.42. The van der Waals surface area contributed by atoms with Crippen molar-refractivity contribution in [3.8, 4) is 0 Å². The number of methoxy groups -OCH3 is 1. The van der Waals surface area contributed by atoms with Gasteiger partial charge in [-0.25, -0.2) is 4.39 Å². The van der Waals surface area contributed by atoms with Crippen LogP contribution in [0.3, 0.4) is 0 Å². The maximum Gasteiger partial charge on any atom is 0.128 e. The van der Waals surface area contributed by atoms with Gasteiger partial charge in [0.2, 0.25) is 0 Å². The van der Waals surface area contributed by atoms with Gasteiger partial charge < -0.3 is 4.74 Å². The summed E-state index contributed by atoms with van der Waals surface area (Å²) in [5, 5.41) is 0. The zero-order valence-corrected chi connectivity index (χ0v) is 11.4. The molecule has 4 heteroatoms. The van der Waals surface area contributed by atoms with E-state index in [0.29, 0.717) is 18.7 Å². The Morgan fingerprint density at radius 3 is 2.75 bits per heavy atom. The molecule has 0 saturated carbocycles. The summed E-state index contributed by atoms with van der Waals surface area (Å²) in [6.07, 6.45) is 0. The van der Waals surface area contributed by atoms with Gasteiger partial charge in [-0.2, -0.15) is 0 Å². The van der Waals surface area contributed by atoms with Crippen LogP contribution in [0.4, 0.5) is 4.39 Å². The molecule has 90 valence electrons. The molecular weight excluding hydrogens is 273 g/mol. The van der Waals surface area contributed by atoms with E-state index < -0.39 is 0 Å². The Morgan fingerprint density at radius 2 is 2.19 bits per heavy atom. The number of hydrogen-bond donors (Lipinski definition) is 0. The Kier molecular flexibility index (Phi) is 5.38. The lowest BCUT2D eigenvalue weighted by molar-refractivity contribution is 0.111. The highest BCUT2D eigenvalue weighted by molar-refractivity contribution is 9.10. The molecule has 0 aliphatic heterocycles. The van der Waals surface area contributed by atoms with Crippen molar-refractivity contribution in [3.63, 3.8) is 0 Å². The van der Waals surface area contributed by atoms with E-state index in [0.717, 1.165) is 4.47 Å². The maximum atomic E-state index is 13.6. The minimum atomic E-state index is -0.175. The third-order valence-electron chi connectivity index (χ3n) is 2.60. The van der Waals surface area contributed by atoms with Gasteiger partial charge in [0, 0.05) is 29.7 Å². The molecule has 0 aromatic heterocycles. The fourth-order valence-corrected chi connectivity index (χ4v) is 1.78. The number of nitrogens with zero attached hydrogens (tertiary/aromatic N) is 1. The van der Waals surface area contributed by atoms with E-state index in [1.54, 1.807) is 13.2 Å². The maximum absolute atomic E-state index is 13.6. The van der Waals surface area contributed by atoms with Gasteiger partial charge in [-0.1, -0.05) is 22.0 Å². The predicted molar refractivity (Wildman–Crippen MR) is 66.9 cm³/mol. The highest BCUT2D eigenvalue weighted by Crippen LogP contribution is 2.17. The van der Waals surface area contributed by atoms with Gasteiger partial charge >= 0.3 is 0 Å². The van der Waals surface area contributed by atoms with E-state index in [9.17, 15) is 4.39 Å². The highest BCUT2D eigenvalue weighted by atomic mass is 79.9. The Bertz CT molecular complexity index is 346. The standard InChI is InChI=1S/C12H17BrFNO/c1-9(8-16-3)15(2)7-10-4-5-11(13)6-12(10)14/h4-6,9H,7-8H2,1-3H3. The van der Waals surface area contributed by atoms with Crippen LogP contribution in [0.2, 0.25) is 0 Å². The van der Waals surface area contributed by atoms with Crippen molar-refractivity contribution in [2.75, 3.05) is 20.8 Å². The second kappa shape index (κ2) is 6.33. The van der Waals surface area contributed by atoms with Crippen molar-refractivity contribution in [2.45, 2.75) is 19.5 Å². The summed E-state index contributed by atoms with van der Waals surface area (Å²) >= 11 is 3.24. The first kappa shape index (κ1) is 13.6. The Morgan fingerprint density at radius 1 is 1.50 bits per heavy atom. The lowest BCUT2D eigenvalue weighted by Gasteiger charge is -2.24. The largest absolute Gasteiger partial charge is 0.383 e. The summed E-state index contributed by atoms with van der Waals surface area (Å²) < 4.78 is 19.4. The van der Waals surface area contributed by atoms with Crippen LogP contribution in [-0.4, -0.2) is 31.7 Å². The van der Waals surface area contributed by atoms with E-state index in [4.69, 9.17) is 4.74 Å². The molecule has 0 radical (unpaired) electrons. The smallest absolute Gasteiger partial charge is 0.128 e. The van der Waals surface area contributed by atoms with Gasteiger partial charge in [0.25, 0.3) is 0 Å². The molecule has 0 fully saturated rings. The number of halogens is 2. The van der Waals surface area contributed by atoms with E-state index in [1.165, 1.54) is 6.07 Å². The van der Waals surface area contributed by atoms with Crippen LogP contribution in [0, 0.1) is 5.82 Å². The van der Waals surface area contributed by atoms with E-state index in [-0.39, 0.29) is 11.9 Å². The third-order valence-corrected chi connectivity index (χ3v) is 3.09. The fourth-order valence-electron chi connectivity index (χ4n) is 1.44. The van der Waals surface area contributed by atoms with Crippen LogP contribution in [0.15, 0.2) is 22.7 Å². The summed E-state index contributed by atoms with van der Waals surface area (Å²) in [4.78, 5) is 2.07. The molecule has 0 heterocycles. The van der Waals surface area contributed by atoms with Crippen LogP contribution in [0.25, 0.3) is 0 Å². The van der Waals surface area contributed by atoms with Crippen LogP contribution in [0.1, 0.15) is 12.5 Å². The van der Waals surface area contributed by atoms with Crippen LogP contribution in [0.5, 0.6) is 0 Å². The van der Waals surface area contributed by atoms with Gasteiger partial charge in [-0.05, 0) is 26.1 Å². The van der Waals surface area contributed by atoms with E-state index >= 15 is 0 Å². The molecule has 1 unspecified atom stereocenters. The summed E-state index contributed by atoms with van der Waals surface area (Å²) in [7, 11) is 3.63. The van der Waals surface area contributed by atoms with Gasteiger partial charge in [0.15, 0.2) is 0 Å². The van der Waals surface area contributed by atoms with Gasteiger partial charge in [-0.3, -0.25) is 4.90 Å². The Labute approximate surface area is 105 Å². The molecule has 1 rings (SSSR count). The van der Waals surface area contributed by atoms with Crippen LogP contribution >= 0.6 is 15.9 Å². The van der Waals surface area contributed by atoms with Crippen molar-refractivity contribution < 1.29 is 9.13 Å². The number of rotatable bonds is 5. The second-order valence-electron chi connectivity index (χ2n) is 3.96. The number of ether oxygens (including phenoxy) is 1. The summed E-state index contributed by atoms with van der Waals surface area (Å²) in [5.41, 5.74) is 0.702. The summed E-state index contributed by atoms with van der Waals surface area (Å²) in [6.45, 7) is 3.29. The van der Waals surface area contributed by atoms with Crippen molar-refractivity contribution in [1.82, 2.24) is 4.90 Å². The minimum absolute atomic E-state index is 0.175. The molecule has 0 bridgehead atoms. The molecule has 0 aliphatic rings. The van der Waals surface area contributed by atoms with Crippen molar-refractivity contribution in [2.24, 2.45) is 0 Å². The molecule has 1 aromatic rings. The zero-order valence-electron chi connectivity index (χ0n) is 9.84. The fraction of sp³-hybridized carbons (Fsp3) is 0.500. The van der Waals surface area contributed by atoms with Crippen molar-refractivity contribution >= 4 is 15.9 Å². The molecule has 1 aromatic carbocycles. The monoisotopic (exact) mass is 289 g/mol. The molecule has 0 amide bonds. The topological polar surface area (TPSA) is 12.5 Å². The normalized spacial score (nSPS) is 13.1. The van der Waals surface area contributed by atoms with Gasteiger partial charge in [0.05, 0.1) is 6.61 Å². The molecule has 16 heavy (non-hydrogen) atoms. The average Bonchev–Trinajstić information content (AvgIpc) is 2.22. The van der Waals surface area contributed by atoms with Crippen molar-refractivity contribution in [3.05, 3.63) is 34.1 Å². The van der Waals surface area contributed by atoms with Crippen LogP contribution < -0.4 is 0 Å². The Hall–Kier alpha value is -0.450. The number of hydrogen-bond acceptors (Lipinski definition) is 2. The average molecular weight is 290 g/mol. The quantitative estimate of drug-likeness (QED) is 0.826. The molecule has 2 nitrogen and oxygen atoms in total. The molecule has 0 saturated heterocycles. The second-order valence-corrected chi connectivity index (χ2v) is 4.87. The van der Waals surface area contributed by atoms with Gasteiger partial charge in [-0.15, -0.1) is 0 Å². The molecule has 0 spiro atoms. The minimum Gasteiger partial charge on any atom is -0.383 e. The van der Waals surface area contributed by atoms with Crippen molar-refractivity contribution in [1.29, 1.82) is 0 Å². The first-order valence-corrected chi connectivity index (χ1v) is 5.97. The Balaban J connectivity index is 2.65. The van der Waals surface area contributed by atoms with E-state index in [1.807, 2.05) is 13.1 Å². The predicted octanol–water partition coefficient (Wildman–Crippen LogP) is 3.05. The molecule has 0 aliphatic carbocycles. The first-order chi connectivity index (χ1) is 7.54. The lowest BCUT2D eigenvalue weighted by atomic mass is 10.2. The number of benzene rings is 1. The third kappa shape index (κ3) is 3.85. The SMILES string of the molecule is COCC(C)N(C)Cc1ccc(Br)cc1F. The molecule has 0 N–H and O–H groups in total. The zero-order chi connectivity index (χ0) is 12.1. The first-order valence-electron chi connectivity index (χ1n) is 5.17. The number of likely N-dealkylation sites (N-methyl/N-ethyl adjacent to an activating group) is 1. The molecular formula is C12H17BrFNO. The van der Waals surface area contributed by atoms with E-state index in [2.05, 4.69) is 27.8 Å². The molecule has 1 atom stereocenters. The van der Waals surface area contributed by atoms with Crippen LogP contribution in [-0.2, 0) is 11.3 Å². The van der Waals surface area contributed by atoms with Gasteiger partial charge in [0.1, 0.15) is 5.82 Å².